The largest absolute Gasteiger partial charge is 0.384 e. The topological polar surface area (TPSA) is 139 Å². The molecule has 0 spiro atoms. The van der Waals surface area contributed by atoms with E-state index >= 15 is 0 Å². The van der Waals surface area contributed by atoms with Gasteiger partial charge in [0.05, 0.1) is 10.6 Å². The van der Waals surface area contributed by atoms with Crippen LogP contribution in [0.3, 0.4) is 0 Å². The van der Waals surface area contributed by atoms with E-state index in [1.807, 2.05) is 0 Å². The Labute approximate surface area is 189 Å². The van der Waals surface area contributed by atoms with Crippen LogP contribution in [0.1, 0.15) is 18.1 Å². The van der Waals surface area contributed by atoms with Crippen LogP contribution in [-0.4, -0.2) is 20.2 Å². The number of nitrogen functional groups attached to an aromatic ring is 1. The van der Waals surface area contributed by atoms with Gasteiger partial charge in [-0.3, -0.25) is 10.2 Å². The number of benzene rings is 3. The first kappa shape index (κ1) is 23.8. The Hall–Kier alpha value is -3.89. The Balaban J connectivity index is 1.89. The minimum Gasteiger partial charge on any atom is -0.384 e. The molecular formula is C23H20F2N4O3S. The highest BCUT2D eigenvalue weighted by molar-refractivity contribution is 7.89. The maximum Gasteiger partial charge on any atom is 0.284 e. The number of anilines is 1. The van der Waals surface area contributed by atoms with Crippen LogP contribution in [0.2, 0.25) is 0 Å². The maximum absolute atomic E-state index is 14.7. The lowest BCUT2D eigenvalue weighted by Gasteiger charge is -2.11. The molecule has 3 aromatic carbocycles. The number of hydrogen-bond donors (Lipinski definition) is 4. The Morgan fingerprint density at radius 2 is 1.67 bits per heavy atom. The number of allylic oxidation sites excluding steroid dienone is 1. The standard InChI is InChI=1S/C23H20F2N4O3S/c1-13(14-5-4-6-16(11-14)22(26)27)21(25)23(30)29-19-10-9-15(12-18(19)24)17-7-2-3-8-20(17)33(28,31)32/h2-12H,1H3,(H3,26,27)(H,29,30)(H2,28,31,32)/b21-13+. The number of rotatable bonds is 6. The zero-order chi connectivity index (χ0) is 24.3. The molecule has 0 aliphatic rings. The first-order valence-electron chi connectivity index (χ1n) is 9.53. The van der Waals surface area contributed by atoms with Crippen molar-refractivity contribution in [1.29, 1.82) is 5.41 Å². The second kappa shape index (κ2) is 9.31. The molecule has 10 heteroatoms. The Morgan fingerprint density at radius 3 is 2.30 bits per heavy atom. The summed E-state index contributed by atoms with van der Waals surface area (Å²) in [5.41, 5.74) is 6.22. The summed E-state index contributed by atoms with van der Waals surface area (Å²) in [6.07, 6.45) is 0. The van der Waals surface area contributed by atoms with Gasteiger partial charge in [-0.2, -0.15) is 0 Å². The van der Waals surface area contributed by atoms with Crippen LogP contribution >= 0.6 is 0 Å². The van der Waals surface area contributed by atoms with Gasteiger partial charge in [-0.1, -0.05) is 42.5 Å². The van der Waals surface area contributed by atoms with Gasteiger partial charge in [0.15, 0.2) is 5.83 Å². The number of amidine groups is 1. The number of nitrogens with one attached hydrogen (secondary N) is 2. The summed E-state index contributed by atoms with van der Waals surface area (Å²) in [5, 5.41) is 14.9. The zero-order valence-corrected chi connectivity index (χ0v) is 18.2. The number of sulfonamides is 1. The summed E-state index contributed by atoms with van der Waals surface area (Å²) >= 11 is 0. The molecule has 1 amide bonds. The third-order valence-electron chi connectivity index (χ3n) is 4.86. The van der Waals surface area contributed by atoms with Gasteiger partial charge in [-0.15, -0.1) is 0 Å². The quantitative estimate of drug-likeness (QED) is 0.247. The highest BCUT2D eigenvalue weighted by Crippen LogP contribution is 2.30. The molecule has 3 aromatic rings. The maximum atomic E-state index is 14.7. The third-order valence-corrected chi connectivity index (χ3v) is 5.83. The van der Waals surface area contributed by atoms with Crippen LogP contribution < -0.4 is 16.2 Å². The van der Waals surface area contributed by atoms with E-state index in [0.29, 0.717) is 11.1 Å². The molecule has 33 heavy (non-hydrogen) atoms. The second-order valence-electron chi connectivity index (χ2n) is 7.12. The second-order valence-corrected chi connectivity index (χ2v) is 8.65. The van der Waals surface area contributed by atoms with Gasteiger partial charge in [-0.05, 0) is 47.9 Å². The molecule has 0 aliphatic heterocycles. The predicted molar refractivity (Wildman–Crippen MR) is 123 cm³/mol. The van der Waals surface area contributed by atoms with Crippen LogP contribution in [0.4, 0.5) is 14.5 Å². The molecule has 0 bridgehead atoms. The Kier molecular flexibility index (Phi) is 6.70. The minimum atomic E-state index is -4.05. The molecule has 7 nitrogen and oxygen atoms in total. The van der Waals surface area contributed by atoms with E-state index in [1.165, 1.54) is 43.3 Å². The lowest BCUT2D eigenvalue weighted by molar-refractivity contribution is -0.114. The van der Waals surface area contributed by atoms with Gasteiger partial charge in [0, 0.05) is 11.1 Å². The van der Waals surface area contributed by atoms with E-state index in [9.17, 15) is 22.0 Å². The summed E-state index contributed by atoms with van der Waals surface area (Å²) in [6, 6.07) is 15.6. The van der Waals surface area contributed by atoms with Crippen LogP contribution in [0.25, 0.3) is 16.7 Å². The van der Waals surface area contributed by atoms with Crippen molar-refractivity contribution in [3.05, 3.63) is 89.5 Å². The van der Waals surface area contributed by atoms with Crippen molar-refractivity contribution in [2.45, 2.75) is 11.8 Å². The van der Waals surface area contributed by atoms with Crippen molar-refractivity contribution in [3.63, 3.8) is 0 Å². The number of primary sulfonamides is 1. The van der Waals surface area contributed by atoms with Gasteiger partial charge in [0.1, 0.15) is 11.7 Å². The van der Waals surface area contributed by atoms with Gasteiger partial charge in [0.2, 0.25) is 10.0 Å². The molecule has 3 rings (SSSR count). The molecule has 0 fully saturated rings. The molecule has 0 saturated carbocycles. The van der Waals surface area contributed by atoms with E-state index < -0.39 is 27.6 Å². The minimum absolute atomic E-state index is 0.0188. The van der Waals surface area contributed by atoms with Crippen molar-refractivity contribution in [3.8, 4) is 11.1 Å². The Bertz CT molecular complexity index is 1400. The first-order chi connectivity index (χ1) is 15.5. The average molecular weight is 471 g/mol. The fourth-order valence-corrected chi connectivity index (χ4v) is 3.89. The molecule has 6 N–H and O–H groups in total. The highest BCUT2D eigenvalue weighted by Gasteiger charge is 2.19. The van der Waals surface area contributed by atoms with Crippen LogP contribution in [0, 0.1) is 11.2 Å². The monoisotopic (exact) mass is 470 g/mol. The van der Waals surface area contributed by atoms with Crippen molar-refractivity contribution in [1.82, 2.24) is 0 Å². The van der Waals surface area contributed by atoms with E-state index in [0.717, 1.165) is 6.07 Å². The zero-order valence-electron chi connectivity index (χ0n) is 17.4. The van der Waals surface area contributed by atoms with Gasteiger partial charge < -0.3 is 11.1 Å². The number of carbonyl (C=O) groups is 1. The summed E-state index contributed by atoms with van der Waals surface area (Å²) in [6.45, 7) is 1.37. The van der Waals surface area contributed by atoms with Crippen molar-refractivity contribution >= 4 is 33.0 Å². The van der Waals surface area contributed by atoms with Crippen molar-refractivity contribution < 1.29 is 22.0 Å². The number of halogens is 2. The molecule has 0 unspecified atom stereocenters. The van der Waals surface area contributed by atoms with E-state index in [1.54, 1.807) is 24.3 Å². The summed E-state index contributed by atoms with van der Waals surface area (Å²) in [5.74, 6) is -3.41. The summed E-state index contributed by atoms with van der Waals surface area (Å²) in [7, 11) is -4.05. The molecular weight excluding hydrogens is 450 g/mol. The number of amides is 1. The molecule has 0 heterocycles. The fourth-order valence-electron chi connectivity index (χ4n) is 3.13. The van der Waals surface area contributed by atoms with Crippen LogP contribution in [0.5, 0.6) is 0 Å². The highest BCUT2D eigenvalue weighted by atomic mass is 32.2. The van der Waals surface area contributed by atoms with Gasteiger partial charge in [-0.25, -0.2) is 22.3 Å². The van der Waals surface area contributed by atoms with Crippen LogP contribution in [-0.2, 0) is 14.8 Å². The van der Waals surface area contributed by atoms with E-state index in [4.69, 9.17) is 16.3 Å². The number of nitrogens with two attached hydrogens (primary N) is 2. The van der Waals surface area contributed by atoms with Crippen LogP contribution in [0.15, 0.2) is 77.5 Å². The average Bonchev–Trinajstić information content (AvgIpc) is 2.78. The smallest absolute Gasteiger partial charge is 0.284 e. The van der Waals surface area contributed by atoms with Gasteiger partial charge >= 0.3 is 0 Å². The summed E-state index contributed by atoms with van der Waals surface area (Å²) in [4.78, 5) is 12.2. The van der Waals surface area contributed by atoms with Crippen molar-refractivity contribution in [2.75, 3.05) is 5.32 Å². The Morgan fingerprint density at radius 1 is 1.00 bits per heavy atom. The number of hydrogen-bond acceptors (Lipinski definition) is 4. The van der Waals surface area contributed by atoms with E-state index in [-0.39, 0.29) is 33.1 Å². The third kappa shape index (κ3) is 5.30. The molecule has 0 aromatic heterocycles. The predicted octanol–water partition coefficient (Wildman–Crippen LogP) is 3.76. The molecule has 170 valence electrons. The van der Waals surface area contributed by atoms with Gasteiger partial charge in [0.25, 0.3) is 5.91 Å². The van der Waals surface area contributed by atoms with Crippen molar-refractivity contribution in [2.24, 2.45) is 10.9 Å². The first-order valence-corrected chi connectivity index (χ1v) is 11.1. The SMILES string of the molecule is C/C(=C(\F)C(=O)Nc1ccc(-c2ccccc2S(N)(=O)=O)cc1F)c1cccc(C(=N)N)c1. The normalized spacial score (nSPS) is 12.1. The molecule has 0 atom stereocenters. The summed E-state index contributed by atoms with van der Waals surface area (Å²) < 4.78 is 53.0. The molecule has 0 saturated heterocycles. The lowest BCUT2D eigenvalue weighted by Crippen LogP contribution is -2.15. The fraction of sp³-hybridized carbons (Fsp3) is 0.0435. The van der Waals surface area contributed by atoms with E-state index in [2.05, 4.69) is 5.32 Å². The molecule has 0 radical (unpaired) electrons. The lowest BCUT2D eigenvalue weighted by atomic mass is 10.0. The molecule has 0 aliphatic carbocycles. The number of carbonyl (C=O) groups excluding carboxylic acids is 1.